The molecule has 0 aromatic rings. The minimum atomic E-state index is 0.816. The Morgan fingerprint density at radius 3 is 1.68 bits per heavy atom. The van der Waals surface area contributed by atoms with Gasteiger partial charge in [0.05, 0.1) is 0 Å². The Morgan fingerprint density at radius 1 is 0.895 bits per heavy atom. The van der Waals surface area contributed by atoms with Gasteiger partial charge in [0, 0.05) is 13.7 Å². The lowest BCUT2D eigenvalue weighted by Gasteiger charge is -2.21. The number of nitrogens with one attached hydrogen (secondary N) is 1. The molecule has 0 radical (unpaired) electrons. The van der Waals surface area contributed by atoms with Gasteiger partial charge in [-0.1, -0.05) is 60.3 Å². The molecule has 0 bridgehead atoms. The fourth-order valence-corrected chi connectivity index (χ4v) is 2.41. The molecule has 1 aliphatic carbocycles. The summed E-state index contributed by atoms with van der Waals surface area (Å²) in [6, 6.07) is 0. The summed E-state index contributed by atoms with van der Waals surface area (Å²) in [7, 11) is 1.78. The SMILES string of the molecule is CC.CC.CC1CCCC1.COCC1CCNCC1. The van der Waals surface area contributed by atoms with Gasteiger partial charge in [0.25, 0.3) is 0 Å². The highest BCUT2D eigenvalue weighted by molar-refractivity contribution is 4.67. The van der Waals surface area contributed by atoms with Crippen molar-refractivity contribution >= 4 is 0 Å². The third-order valence-electron chi connectivity index (χ3n) is 3.50. The number of hydrogen-bond donors (Lipinski definition) is 1. The van der Waals surface area contributed by atoms with Crippen molar-refractivity contribution in [2.75, 3.05) is 26.8 Å². The maximum absolute atomic E-state index is 5.05. The van der Waals surface area contributed by atoms with E-state index in [0.717, 1.165) is 18.4 Å². The van der Waals surface area contributed by atoms with Crippen LogP contribution in [0.15, 0.2) is 0 Å². The average Bonchev–Trinajstić information content (AvgIpc) is 2.97. The fraction of sp³-hybridized carbons (Fsp3) is 1.00. The van der Waals surface area contributed by atoms with Gasteiger partial charge in [-0.2, -0.15) is 0 Å². The first kappa shape index (κ1) is 21.2. The van der Waals surface area contributed by atoms with E-state index in [9.17, 15) is 0 Å². The molecule has 0 aromatic carbocycles. The molecule has 118 valence electrons. The van der Waals surface area contributed by atoms with Crippen LogP contribution in [0.2, 0.25) is 0 Å². The first-order chi connectivity index (χ1) is 9.33. The van der Waals surface area contributed by atoms with Crippen LogP contribution in [0.25, 0.3) is 0 Å². The minimum absolute atomic E-state index is 0.816. The standard InChI is InChI=1S/C7H15NO.C6H12.2C2H6/c1-9-6-7-2-4-8-5-3-7;1-6-4-2-3-5-6;2*1-2/h7-8H,2-6H2,1H3;6H,2-5H2,1H3;2*1-2H3. The summed E-state index contributed by atoms with van der Waals surface area (Å²) in [6.07, 6.45) is 8.52. The zero-order valence-electron chi connectivity index (χ0n) is 14.4. The van der Waals surface area contributed by atoms with Gasteiger partial charge in [-0.05, 0) is 37.8 Å². The quantitative estimate of drug-likeness (QED) is 0.774. The van der Waals surface area contributed by atoms with Crippen molar-refractivity contribution in [3.63, 3.8) is 0 Å². The monoisotopic (exact) mass is 273 g/mol. The number of piperidine rings is 1. The summed E-state index contributed by atoms with van der Waals surface area (Å²) in [5.41, 5.74) is 0. The van der Waals surface area contributed by atoms with Gasteiger partial charge in [0.1, 0.15) is 0 Å². The van der Waals surface area contributed by atoms with Crippen LogP contribution in [0, 0.1) is 11.8 Å². The number of hydrogen-bond acceptors (Lipinski definition) is 2. The Balaban J connectivity index is 0. The summed E-state index contributed by atoms with van der Waals surface area (Å²) < 4.78 is 5.05. The van der Waals surface area contributed by atoms with Crippen LogP contribution in [0.5, 0.6) is 0 Å². The smallest absolute Gasteiger partial charge is 0.0491 e. The normalized spacial score (nSPS) is 19.3. The van der Waals surface area contributed by atoms with Gasteiger partial charge in [-0.25, -0.2) is 0 Å². The molecule has 0 amide bonds. The third-order valence-corrected chi connectivity index (χ3v) is 3.50. The highest BCUT2D eigenvalue weighted by atomic mass is 16.5. The molecular weight excluding hydrogens is 234 g/mol. The highest BCUT2D eigenvalue weighted by Gasteiger charge is 2.11. The topological polar surface area (TPSA) is 21.3 Å². The second-order valence-corrected chi connectivity index (χ2v) is 5.04. The van der Waals surface area contributed by atoms with Gasteiger partial charge >= 0.3 is 0 Å². The van der Waals surface area contributed by atoms with Gasteiger partial charge in [-0.15, -0.1) is 0 Å². The van der Waals surface area contributed by atoms with Crippen molar-refractivity contribution in [2.24, 2.45) is 11.8 Å². The van der Waals surface area contributed by atoms with Gasteiger partial charge in [0.2, 0.25) is 0 Å². The lowest BCUT2D eigenvalue weighted by molar-refractivity contribution is 0.135. The van der Waals surface area contributed by atoms with E-state index >= 15 is 0 Å². The molecule has 2 aliphatic rings. The Morgan fingerprint density at radius 2 is 1.37 bits per heavy atom. The third kappa shape index (κ3) is 14.1. The van der Waals surface area contributed by atoms with Gasteiger partial charge in [-0.3, -0.25) is 0 Å². The van der Waals surface area contributed by atoms with Crippen LogP contribution >= 0.6 is 0 Å². The van der Waals surface area contributed by atoms with E-state index in [2.05, 4.69) is 12.2 Å². The van der Waals surface area contributed by atoms with Crippen LogP contribution in [-0.4, -0.2) is 26.8 Å². The first-order valence-corrected chi connectivity index (χ1v) is 8.52. The number of rotatable bonds is 2. The molecule has 0 spiro atoms. The summed E-state index contributed by atoms with van der Waals surface area (Å²) in [5.74, 6) is 1.86. The van der Waals surface area contributed by atoms with E-state index in [1.807, 2.05) is 27.7 Å². The van der Waals surface area contributed by atoms with E-state index < -0.39 is 0 Å². The molecule has 2 fully saturated rings. The lowest BCUT2D eigenvalue weighted by Crippen LogP contribution is -2.29. The van der Waals surface area contributed by atoms with E-state index in [1.54, 1.807) is 7.11 Å². The molecule has 2 rings (SSSR count). The first-order valence-electron chi connectivity index (χ1n) is 8.52. The van der Waals surface area contributed by atoms with Crippen LogP contribution in [0.1, 0.15) is 73.1 Å². The largest absolute Gasteiger partial charge is 0.384 e. The van der Waals surface area contributed by atoms with E-state index in [4.69, 9.17) is 4.74 Å². The van der Waals surface area contributed by atoms with Gasteiger partial charge in [0.15, 0.2) is 0 Å². The zero-order valence-corrected chi connectivity index (χ0v) is 14.4. The molecular formula is C17H39NO. The van der Waals surface area contributed by atoms with Crippen LogP contribution in [0.3, 0.4) is 0 Å². The van der Waals surface area contributed by atoms with Crippen molar-refractivity contribution in [2.45, 2.75) is 73.1 Å². The van der Waals surface area contributed by atoms with E-state index in [1.165, 1.54) is 51.6 Å². The Bertz CT molecular complexity index is 135. The summed E-state index contributed by atoms with van der Waals surface area (Å²) >= 11 is 0. The second-order valence-electron chi connectivity index (χ2n) is 5.04. The maximum atomic E-state index is 5.05. The molecule has 1 saturated heterocycles. The van der Waals surface area contributed by atoms with Crippen molar-refractivity contribution < 1.29 is 4.74 Å². The predicted octanol–water partition coefficient (Wildman–Crippen LogP) is 4.88. The predicted molar refractivity (Wildman–Crippen MR) is 87.8 cm³/mol. The van der Waals surface area contributed by atoms with Crippen molar-refractivity contribution in [1.82, 2.24) is 5.32 Å². The maximum Gasteiger partial charge on any atom is 0.0491 e. The molecule has 19 heavy (non-hydrogen) atoms. The second kappa shape index (κ2) is 17.9. The van der Waals surface area contributed by atoms with Crippen molar-refractivity contribution in [1.29, 1.82) is 0 Å². The molecule has 2 nitrogen and oxygen atoms in total. The summed E-state index contributed by atoms with van der Waals surface area (Å²) in [6.45, 7) is 13.6. The molecule has 1 aliphatic heterocycles. The zero-order chi connectivity index (χ0) is 14.9. The lowest BCUT2D eigenvalue weighted by atomic mass is 10.00. The highest BCUT2D eigenvalue weighted by Crippen LogP contribution is 2.22. The average molecular weight is 274 g/mol. The number of ether oxygens (including phenoxy) is 1. The van der Waals surface area contributed by atoms with E-state index in [-0.39, 0.29) is 0 Å². The van der Waals surface area contributed by atoms with Crippen LogP contribution < -0.4 is 5.32 Å². The van der Waals surface area contributed by atoms with Crippen molar-refractivity contribution in [3.05, 3.63) is 0 Å². The Labute approximate surface area is 122 Å². The Hall–Kier alpha value is -0.0800. The molecule has 0 atom stereocenters. The molecule has 1 heterocycles. The van der Waals surface area contributed by atoms with Crippen LogP contribution in [-0.2, 0) is 4.74 Å². The molecule has 0 aromatic heterocycles. The molecule has 1 saturated carbocycles. The summed E-state index contributed by atoms with van der Waals surface area (Å²) in [5, 5.41) is 3.32. The molecule has 1 N–H and O–H groups in total. The molecule has 0 unspecified atom stereocenters. The minimum Gasteiger partial charge on any atom is -0.384 e. The van der Waals surface area contributed by atoms with Crippen molar-refractivity contribution in [3.8, 4) is 0 Å². The van der Waals surface area contributed by atoms with Gasteiger partial charge < -0.3 is 10.1 Å². The molecule has 2 heteroatoms. The fourth-order valence-electron chi connectivity index (χ4n) is 2.41. The number of methoxy groups -OCH3 is 1. The van der Waals surface area contributed by atoms with E-state index in [0.29, 0.717) is 0 Å². The summed E-state index contributed by atoms with van der Waals surface area (Å²) in [4.78, 5) is 0. The van der Waals surface area contributed by atoms with Crippen LogP contribution in [0.4, 0.5) is 0 Å². The Kier molecular flexibility index (Phi) is 20.0.